The Balaban J connectivity index is 0.000000323. The number of hydrogen-bond acceptors (Lipinski definition) is 7. The Bertz CT molecular complexity index is 917. The number of nitrogens with two attached hydrogens (primary N) is 1. The minimum atomic E-state index is -0.614. The maximum atomic E-state index is 9.96. The Labute approximate surface area is 191 Å². The average molecular weight is 438 g/mol. The summed E-state index contributed by atoms with van der Waals surface area (Å²) in [5, 5.41) is 43.7. The third kappa shape index (κ3) is 9.47. The lowest BCUT2D eigenvalue weighted by Crippen LogP contribution is -2.29. The van der Waals surface area contributed by atoms with Crippen LogP contribution in [0.3, 0.4) is 0 Å². The first-order valence-electron chi connectivity index (χ1n) is 10.8. The smallest absolute Gasteiger partial charge is 0.101 e. The van der Waals surface area contributed by atoms with Crippen LogP contribution in [0.4, 0.5) is 5.69 Å². The predicted molar refractivity (Wildman–Crippen MR) is 128 cm³/mol. The van der Waals surface area contributed by atoms with Gasteiger partial charge in [-0.1, -0.05) is 39.0 Å². The van der Waals surface area contributed by atoms with E-state index < -0.39 is 12.2 Å². The number of nitrogens with one attached hydrogen (secondary N) is 2. The molecule has 0 saturated heterocycles. The lowest BCUT2D eigenvalue weighted by atomic mass is 10.0. The quantitative estimate of drug-likeness (QED) is 0.380. The molecule has 3 atom stereocenters. The van der Waals surface area contributed by atoms with Crippen molar-refractivity contribution in [1.29, 1.82) is 10.5 Å². The molecule has 0 radical (unpaired) electrons. The molecule has 0 bridgehead atoms. The third-order valence-corrected chi connectivity index (χ3v) is 4.97. The zero-order chi connectivity index (χ0) is 24.1. The summed E-state index contributed by atoms with van der Waals surface area (Å²) in [5.74, 6) is 0. The van der Waals surface area contributed by atoms with Crippen LogP contribution in [0.25, 0.3) is 0 Å². The van der Waals surface area contributed by atoms with Crippen LogP contribution in [0.1, 0.15) is 68.6 Å². The molecule has 0 amide bonds. The molecule has 0 aliphatic rings. The maximum Gasteiger partial charge on any atom is 0.101 e. The normalized spacial score (nSPS) is 13.3. The van der Waals surface area contributed by atoms with Crippen molar-refractivity contribution in [3.8, 4) is 12.1 Å². The van der Waals surface area contributed by atoms with E-state index in [1.807, 2.05) is 26.0 Å². The summed E-state index contributed by atoms with van der Waals surface area (Å²) in [6.07, 6.45) is -0.157. The van der Waals surface area contributed by atoms with Gasteiger partial charge in [0, 0.05) is 30.9 Å². The van der Waals surface area contributed by atoms with E-state index in [1.165, 1.54) is 0 Å². The van der Waals surface area contributed by atoms with Crippen molar-refractivity contribution in [2.45, 2.75) is 58.4 Å². The topological polar surface area (TPSA) is 138 Å². The molecule has 0 fully saturated rings. The fraction of sp³-hybridized carbons (Fsp3) is 0.440. The highest BCUT2D eigenvalue weighted by atomic mass is 16.3. The van der Waals surface area contributed by atoms with Crippen LogP contribution in [0.15, 0.2) is 42.5 Å². The SMILES string of the molecule is CC(C)NCC(O)c1cccc(C#N)c1.CCC(C)NCC(O)c1ccc(N)c(C#N)c1. The number of aliphatic hydroxyl groups excluding tert-OH is 2. The van der Waals surface area contributed by atoms with Gasteiger partial charge in [0.15, 0.2) is 0 Å². The number of nitrogen functional groups attached to an aromatic ring is 1. The third-order valence-electron chi connectivity index (χ3n) is 4.97. The van der Waals surface area contributed by atoms with Crippen LogP contribution in [0.5, 0.6) is 0 Å². The highest BCUT2D eigenvalue weighted by Gasteiger charge is 2.11. The number of rotatable bonds is 9. The zero-order valence-corrected chi connectivity index (χ0v) is 19.3. The van der Waals surface area contributed by atoms with E-state index in [1.54, 1.807) is 36.4 Å². The number of nitriles is 2. The second-order valence-corrected chi connectivity index (χ2v) is 8.01. The molecule has 172 valence electrons. The molecule has 0 aliphatic carbocycles. The summed E-state index contributed by atoms with van der Waals surface area (Å²) in [7, 11) is 0. The first-order chi connectivity index (χ1) is 15.2. The van der Waals surface area contributed by atoms with Crippen molar-refractivity contribution < 1.29 is 10.2 Å². The first-order valence-corrected chi connectivity index (χ1v) is 10.8. The highest BCUT2D eigenvalue weighted by Crippen LogP contribution is 2.18. The number of aliphatic hydroxyl groups is 2. The number of anilines is 1. The minimum Gasteiger partial charge on any atom is -0.398 e. The molecule has 7 nitrogen and oxygen atoms in total. The van der Waals surface area contributed by atoms with Crippen LogP contribution in [-0.2, 0) is 0 Å². The highest BCUT2D eigenvalue weighted by molar-refractivity contribution is 5.55. The van der Waals surface area contributed by atoms with E-state index in [0.29, 0.717) is 47.6 Å². The van der Waals surface area contributed by atoms with Crippen molar-refractivity contribution in [2.75, 3.05) is 18.8 Å². The zero-order valence-electron chi connectivity index (χ0n) is 19.3. The van der Waals surface area contributed by atoms with Crippen LogP contribution < -0.4 is 16.4 Å². The second-order valence-electron chi connectivity index (χ2n) is 8.01. The van der Waals surface area contributed by atoms with E-state index in [2.05, 4.69) is 30.6 Å². The fourth-order valence-corrected chi connectivity index (χ4v) is 2.73. The van der Waals surface area contributed by atoms with Gasteiger partial charge in [-0.3, -0.25) is 0 Å². The molecule has 2 aromatic rings. The Morgan fingerprint density at radius 3 is 2.09 bits per heavy atom. The standard InChI is InChI=1S/C13H19N3O.C12H16N2O/c1-3-9(2)16-8-13(17)10-4-5-12(15)11(6-10)7-14;1-9(2)14-8-12(15)11-5-3-4-10(6-11)7-13/h4-6,9,13,16-17H,3,8,15H2,1-2H3;3-6,9,12,14-15H,8H2,1-2H3. The summed E-state index contributed by atoms with van der Waals surface area (Å²) in [6, 6.07) is 16.9. The Morgan fingerprint density at radius 1 is 0.906 bits per heavy atom. The average Bonchev–Trinajstić information content (AvgIpc) is 2.81. The van der Waals surface area contributed by atoms with E-state index >= 15 is 0 Å². The molecule has 32 heavy (non-hydrogen) atoms. The predicted octanol–water partition coefficient (Wildman–Crippen LogP) is 3.15. The number of nitrogens with zero attached hydrogens (tertiary/aromatic N) is 2. The molecule has 6 N–H and O–H groups in total. The van der Waals surface area contributed by atoms with Crippen molar-refractivity contribution in [3.05, 3.63) is 64.7 Å². The van der Waals surface area contributed by atoms with Gasteiger partial charge in [-0.25, -0.2) is 0 Å². The molecule has 0 spiro atoms. The lowest BCUT2D eigenvalue weighted by molar-refractivity contribution is 0.170. The van der Waals surface area contributed by atoms with E-state index in [-0.39, 0.29) is 0 Å². The van der Waals surface area contributed by atoms with Gasteiger partial charge in [0.25, 0.3) is 0 Å². The summed E-state index contributed by atoms with van der Waals surface area (Å²) in [6.45, 7) is 9.19. The van der Waals surface area contributed by atoms with E-state index in [0.717, 1.165) is 12.0 Å². The van der Waals surface area contributed by atoms with Crippen molar-refractivity contribution >= 4 is 5.69 Å². The molecule has 0 aliphatic heterocycles. The van der Waals surface area contributed by atoms with E-state index in [9.17, 15) is 10.2 Å². The van der Waals surface area contributed by atoms with Gasteiger partial charge in [-0.2, -0.15) is 10.5 Å². The van der Waals surface area contributed by atoms with Crippen LogP contribution >= 0.6 is 0 Å². The molecular formula is C25H35N5O2. The van der Waals surface area contributed by atoms with Gasteiger partial charge in [0.1, 0.15) is 6.07 Å². The van der Waals surface area contributed by atoms with Crippen molar-refractivity contribution in [1.82, 2.24) is 10.6 Å². The van der Waals surface area contributed by atoms with Crippen molar-refractivity contribution in [2.24, 2.45) is 0 Å². The molecule has 0 heterocycles. The Hall–Kier alpha value is -2.94. The second kappa shape index (κ2) is 14.2. The minimum absolute atomic E-state index is 0.346. The summed E-state index contributed by atoms with van der Waals surface area (Å²) < 4.78 is 0. The van der Waals surface area contributed by atoms with Crippen molar-refractivity contribution in [3.63, 3.8) is 0 Å². The maximum absolute atomic E-state index is 9.96. The van der Waals surface area contributed by atoms with Crippen LogP contribution in [0, 0.1) is 22.7 Å². The molecule has 2 aromatic carbocycles. The van der Waals surface area contributed by atoms with Crippen LogP contribution in [-0.4, -0.2) is 35.4 Å². The monoisotopic (exact) mass is 437 g/mol. The fourth-order valence-electron chi connectivity index (χ4n) is 2.73. The van der Waals surface area contributed by atoms with Gasteiger partial charge in [0.05, 0.1) is 29.4 Å². The lowest BCUT2D eigenvalue weighted by Gasteiger charge is -2.16. The Kier molecular flexibility index (Phi) is 12.0. The number of benzene rings is 2. The Morgan fingerprint density at radius 2 is 1.53 bits per heavy atom. The van der Waals surface area contributed by atoms with Gasteiger partial charge in [0.2, 0.25) is 0 Å². The first kappa shape index (κ1) is 27.1. The number of hydrogen-bond donors (Lipinski definition) is 5. The van der Waals surface area contributed by atoms with Crippen LogP contribution in [0.2, 0.25) is 0 Å². The molecule has 2 rings (SSSR count). The summed E-state index contributed by atoms with van der Waals surface area (Å²) in [4.78, 5) is 0. The van der Waals surface area contributed by atoms with Gasteiger partial charge >= 0.3 is 0 Å². The van der Waals surface area contributed by atoms with Gasteiger partial charge in [-0.05, 0) is 48.7 Å². The molecular weight excluding hydrogens is 402 g/mol. The summed E-state index contributed by atoms with van der Waals surface area (Å²) >= 11 is 0. The van der Waals surface area contributed by atoms with Gasteiger partial charge in [-0.15, -0.1) is 0 Å². The van der Waals surface area contributed by atoms with E-state index in [4.69, 9.17) is 16.3 Å². The molecule has 0 aromatic heterocycles. The molecule has 7 heteroatoms. The largest absolute Gasteiger partial charge is 0.398 e. The molecule has 3 unspecified atom stereocenters. The van der Waals surface area contributed by atoms with Gasteiger partial charge < -0.3 is 26.6 Å². The summed E-state index contributed by atoms with van der Waals surface area (Å²) in [5.41, 5.74) is 8.55. The molecule has 0 saturated carbocycles.